The van der Waals surface area contributed by atoms with Crippen LogP contribution in [0.25, 0.3) is 0 Å². The molecule has 0 saturated heterocycles. The molecule has 7 N–H and O–H groups in total. The number of aryl methyl sites for hydroxylation is 1. The zero-order chi connectivity index (χ0) is 19.4. The first kappa shape index (κ1) is 22.8. The van der Waals surface area contributed by atoms with E-state index in [-0.39, 0.29) is 18.8 Å². The molecule has 1 rings (SSSR count). The van der Waals surface area contributed by atoms with Crippen molar-refractivity contribution in [2.24, 2.45) is 0 Å². The molecule has 1 aromatic carbocycles. The third kappa shape index (κ3) is 9.47. The summed E-state index contributed by atoms with van der Waals surface area (Å²) in [5.74, 6) is 0.0570. The second-order valence-electron chi connectivity index (χ2n) is 6.62. The van der Waals surface area contributed by atoms with Gasteiger partial charge >= 0.3 is 0 Å². The van der Waals surface area contributed by atoms with Crippen LogP contribution in [0.1, 0.15) is 62.7 Å². The van der Waals surface area contributed by atoms with Crippen LogP contribution >= 0.6 is 0 Å². The fourth-order valence-corrected chi connectivity index (χ4v) is 2.84. The number of nitrogens with one attached hydrogen (secondary N) is 2. The summed E-state index contributed by atoms with van der Waals surface area (Å²) in [7, 11) is 0. The van der Waals surface area contributed by atoms with Crippen molar-refractivity contribution in [2.75, 3.05) is 13.1 Å². The van der Waals surface area contributed by atoms with Gasteiger partial charge in [0, 0.05) is 18.7 Å². The average Bonchev–Trinajstić information content (AvgIpc) is 2.59. The maximum Gasteiger partial charge on any atom is 0.164 e. The highest BCUT2D eigenvalue weighted by molar-refractivity contribution is 5.38. The van der Waals surface area contributed by atoms with Crippen molar-refractivity contribution in [1.29, 1.82) is 0 Å². The molecule has 150 valence electrons. The van der Waals surface area contributed by atoms with Gasteiger partial charge in [0.1, 0.15) is 5.75 Å². The predicted octanol–water partition coefficient (Wildman–Crippen LogP) is 1.09. The molecular weight excluding hydrogens is 336 g/mol. The zero-order valence-corrected chi connectivity index (χ0v) is 15.6. The lowest BCUT2D eigenvalue weighted by atomic mass is 10.0. The van der Waals surface area contributed by atoms with E-state index < -0.39 is 18.7 Å². The minimum atomic E-state index is -1.55. The molecule has 0 radical (unpaired) electrons. The molecule has 0 spiro atoms. The zero-order valence-electron chi connectivity index (χ0n) is 15.6. The molecule has 0 heterocycles. The third-order valence-corrected chi connectivity index (χ3v) is 4.23. The molecule has 1 aromatic rings. The number of hydrogen-bond donors (Lipinski definition) is 7. The largest absolute Gasteiger partial charge is 0.508 e. The standard InChI is InChI=1S/C19H34N2O5/c1-2-3-4-5-6-7-8-14-9-10-16(22)15(11-14)19(20-12-17(23)24)21-13-18(25)26/h9-11,17-26H,2-8,12-13H2,1H3. The second kappa shape index (κ2) is 13.0. The van der Waals surface area contributed by atoms with E-state index in [9.17, 15) is 5.11 Å². The van der Waals surface area contributed by atoms with Gasteiger partial charge in [-0.1, -0.05) is 45.1 Å². The van der Waals surface area contributed by atoms with Crippen molar-refractivity contribution in [3.63, 3.8) is 0 Å². The number of phenols is 1. The highest BCUT2D eigenvalue weighted by Crippen LogP contribution is 2.25. The van der Waals surface area contributed by atoms with Crippen LogP contribution in [-0.4, -0.2) is 51.2 Å². The Morgan fingerprint density at radius 2 is 1.42 bits per heavy atom. The molecule has 0 aliphatic rings. The van der Waals surface area contributed by atoms with Gasteiger partial charge in [0.2, 0.25) is 0 Å². The summed E-state index contributed by atoms with van der Waals surface area (Å²) in [6.45, 7) is 1.95. The van der Waals surface area contributed by atoms with Crippen molar-refractivity contribution >= 4 is 0 Å². The van der Waals surface area contributed by atoms with E-state index in [0.29, 0.717) is 5.56 Å². The van der Waals surface area contributed by atoms with Crippen molar-refractivity contribution in [1.82, 2.24) is 10.6 Å². The Hall–Kier alpha value is -1.22. The molecular formula is C19H34N2O5. The fraction of sp³-hybridized carbons (Fsp3) is 0.684. The van der Waals surface area contributed by atoms with E-state index in [0.717, 1.165) is 18.4 Å². The lowest BCUT2D eigenvalue weighted by Crippen LogP contribution is -2.41. The number of phenolic OH excluding ortho intramolecular Hbond substituents is 1. The number of aliphatic hydroxyl groups is 4. The fourth-order valence-electron chi connectivity index (χ4n) is 2.84. The van der Waals surface area contributed by atoms with E-state index in [1.165, 1.54) is 32.1 Å². The van der Waals surface area contributed by atoms with Crippen LogP contribution in [0.3, 0.4) is 0 Å². The molecule has 0 amide bonds. The van der Waals surface area contributed by atoms with Crippen molar-refractivity contribution in [3.8, 4) is 5.75 Å². The molecule has 0 saturated carbocycles. The van der Waals surface area contributed by atoms with E-state index >= 15 is 0 Å². The van der Waals surface area contributed by atoms with Crippen LogP contribution in [-0.2, 0) is 6.42 Å². The van der Waals surface area contributed by atoms with Crippen molar-refractivity contribution in [3.05, 3.63) is 29.3 Å². The molecule has 0 unspecified atom stereocenters. The quantitative estimate of drug-likeness (QED) is 0.193. The van der Waals surface area contributed by atoms with Crippen LogP contribution in [0.15, 0.2) is 18.2 Å². The first-order chi connectivity index (χ1) is 12.4. The molecule has 0 aromatic heterocycles. The van der Waals surface area contributed by atoms with E-state index in [1.54, 1.807) is 6.07 Å². The van der Waals surface area contributed by atoms with E-state index in [4.69, 9.17) is 20.4 Å². The summed E-state index contributed by atoms with van der Waals surface area (Å²) in [5.41, 5.74) is 1.62. The van der Waals surface area contributed by atoms with Gasteiger partial charge in [0.25, 0.3) is 0 Å². The van der Waals surface area contributed by atoms with Gasteiger partial charge in [-0.3, -0.25) is 10.6 Å². The Labute approximate surface area is 155 Å². The Kier molecular flexibility index (Phi) is 11.4. The number of aliphatic hydroxyl groups excluding tert-OH is 2. The molecule has 0 aliphatic carbocycles. The van der Waals surface area contributed by atoms with Gasteiger partial charge in [0.05, 0.1) is 6.17 Å². The topological polar surface area (TPSA) is 125 Å². The Morgan fingerprint density at radius 3 is 2.00 bits per heavy atom. The molecule has 0 fully saturated rings. The van der Waals surface area contributed by atoms with Crippen LogP contribution in [0.5, 0.6) is 5.75 Å². The SMILES string of the molecule is CCCCCCCCc1ccc(O)c(C(NCC(O)O)NCC(O)O)c1. The minimum Gasteiger partial charge on any atom is -0.508 e. The van der Waals surface area contributed by atoms with Gasteiger partial charge < -0.3 is 25.5 Å². The average molecular weight is 370 g/mol. The van der Waals surface area contributed by atoms with Gasteiger partial charge in [0.15, 0.2) is 12.6 Å². The molecule has 7 heteroatoms. The summed E-state index contributed by atoms with van der Waals surface area (Å²) in [5, 5.41) is 52.1. The first-order valence-electron chi connectivity index (χ1n) is 9.44. The molecule has 0 bridgehead atoms. The smallest absolute Gasteiger partial charge is 0.164 e. The van der Waals surface area contributed by atoms with E-state index in [2.05, 4.69) is 17.6 Å². The number of unbranched alkanes of at least 4 members (excludes halogenated alkanes) is 5. The Morgan fingerprint density at radius 1 is 0.846 bits per heavy atom. The highest BCUT2D eigenvalue weighted by Gasteiger charge is 2.17. The van der Waals surface area contributed by atoms with Crippen molar-refractivity contribution in [2.45, 2.75) is 70.6 Å². The predicted molar refractivity (Wildman–Crippen MR) is 100 cm³/mol. The summed E-state index contributed by atoms with van der Waals surface area (Å²) in [6, 6.07) is 5.35. The lowest BCUT2D eigenvalue weighted by Gasteiger charge is -2.23. The minimum absolute atomic E-state index is 0.0570. The normalized spacial score (nSPS) is 11.8. The number of aromatic hydroxyl groups is 1. The highest BCUT2D eigenvalue weighted by atomic mass is 16.5. The summed E-state index contributed by atoms with van der Waals surface area (Å²) < 4.78 is 0. The second-order valence-corrected chi connectivity index (χ2v) is 6.62. The number of benzene rings is 1. The van der Waals surface area contributed by atoms with Gasteiger partial charge in [-0.15, -0.1) is 0 Å². The lowest BCUT2D eigenvalue weighted by molar-refractivity contribution is -0.0463. The summed E-state index contributed by atoms with van der Waals surface area (Å²) in [6.07, 6.45) is 4.41. The molecule has 0 aliphatic heterocycles. The monoisotopic (exact) mass is 370 g/mol. The first-order valence-corrected chi connectivity index (χ1v) is 9.44. The maximum atomic E-state index is 10.2. The number of rotatable bonds is 14. The van der Waals surface area contributed by atoms with Crippen molar-refractivity contribution < 1.29 is 25.5 Å². The number of hydrogen-bond acceptors (Lipinski definition) is 7. The van der Waals surface area contributed by atoms with Gasteiger partial charge in [-0.05, 0) is 30.5 Å². The molecule has 26 heavy (non-hydrogen) atoms. The maximum absolute atomic E-state index is 10.2. The van der Waals surface area contributed by atoms with Crippen LogP contribution in [0, 0.1) is 0 Å². The molecule has 0 atom stereocenters. The van der Waals surface area contributed by atoms with E-state index in [1.807, 2.05) is 12.1 Å². The Balaban J connectivity index is 2.69. The van der Waals surface area contributed by atoms with Crippen LogP contribution in [0.2, 0.25) is 0 Å². The summed E-state index contributed by atoms with van der Waals surface area (Å²) >= 11 is 0. The van der Waals surface area contributed by atoms with Crippen LogP contribution < -0.4 is 10.6 Å². The van der Waals surface area contributed by atoms with Crippen LogP contribution in [0.4, 0.5) is 0 Å². The molecule has 7 nitrogen and oxygen atoms in total. The summed E-state index contributed by atoms with van der Waals surface area (Å²) in [4.78, 5) is 0. The van der Waals surface area contributed by atoms with Gasteiger partial charge in [-0.2, -0.15) is 0 Å². The van der Waals surface area contributed by atoms with Gasteiger partial charge in [-0.25, -0.2) is 0 Å². The Bertz CT molecular complexity index is 485. The third-order valence-electron chi connectivity index (χ3n) is 4.23.